The zero-order valence-corrected chi connectivity index (χ0v) is 10.6. The summed E-state index contributed by atoms with van der Waals surface area (Å²) in [5, 5.41) is 6.04. The van der Waals surface area contributed by atoms with Gasteiger partial charge in [-0.15, -0.1) is 0 Å². The Kier molecular flexibility index (Phi) is 5.66. The zero-order valence-electron chi connectivity index (χ0n) is 10.6. The van der Waals surface area contributed by atoms with Gasteiger partial charge in [-0.3, -0.25) is 4.79 Å². The van der Waals surface area contributed by atoms with Crippen molar-refractivity contribution >= 4 is 11.6 Å². The molecule has 1 unspecified atom stereocenters. The average Bonchev–Trinajstić information content (AvgIpc) is 2.37. The molecule has 0 aliphatic heterocycles. The van der Waals surface area contributed by atoms with Gasteiger partial charge in [0.25, 0.3) is 5.91 Å². The van der Waals surface area contributed by atoms with Crippen LogP contribution in [0, 0.1) is 0 Å². The molecular formula is C13H20N2O2. The third-order valence-electron chi connectivity index (χ3n) is 2.52. The molecule has 2 N–H and O–H groups in total. The molecule has 0 heterocycles. The zero-order chi connectivity index (χ0) is 12.7. The third-order valence-corrected chi connectivity index (χ3v) is 2.52. The number of methoxy groups -OCH3 is 1. The molecule has 17 heavy (non-hydrogen) atoms. The van der Waals surface area contributed by atoms with E-state index >= 15 is 0 Å². The monoisotopic (exact) mass is 236 g/mol. The van der Waals surface area contributed by atoms with E-state index in [1.54, 1.807) is 6.92 Å². The van der Waals surface area contributed by atoms with E-state index in [4.69, 9.17) is 4.74 Å². The highest BCUT2D eigenvalue weighted by Crippen LogP contribution is 2.10. The molecule has 0 aliphatic carbocycles. The molecule has 0 saturated carbocycles. The average molecular weight is 236 g/mol. The second kappa shape index (κ2) is 7.04. The molecule has 0 spiro atoms. The summed E-state index contributed by atoms with van der Waals surface area (Å²) >= 11 is 0. The largest absolute Gasteiger partial charge is 0.372 e. The number of benzene rings is 1. The van der Waals surface area contributed by atoms with E-state index in [9.17, 15) is 4.79 Å². The first-order valence-electron chi connectivity index (χ1n) is 5.80. The summed E-state index contributed by atoms with van der Waals surface area (Å²) in [5.41, 5.74) is 1.99. The van der Waals surface area contributed by atoms with Gasteiger partial charge in [0, 0.05) is 19.3 Å². The number of hydrogen-bond acceptors (Lipinski definition) is 3. The van der Waals surface area contributed by atoms with Crippen LogP contribution in [0.3, 0.4) is 0 Å². The number of nitrogens with one attached hydrogen (secondary N) is 2. The van der Waals surface area contributed by atoms with Crippen molar-refractivity contribution in [2.24, 2.45) is 0 Å². The Hall–Kier alpha value is -1.39. The van der Waals surface area contributed by atoms with E-state index in [1.807, 2.05) is 24.3 Å². The van der Waals surface area contributed by atoms with Crippen LogP contribution in [-0.4, -0.2) is 25.7 Å². The lowest BCUT2D eigenvalue weighted by Gasteiger charge is -2.10. The Morgan fingerprint density at radius 1 is 1.35 bits per heavy atom. The maximum absolute atomic E-state index is 11.6. The topological polar surface area (TPSA) is 50.4 Å². The molecule has 0 saturated heterocycles. The van der Waals surface area contributed by atoms with Gasteiger partial charge in [-0.25, -0.2) is 0 Å². The van der Waals surface area contributed by atoms with Gasteiger partial charge in [-0.1, -0.05) is 19.1 Å². The maximum Gasteiger partial charge on any atom is 0.253 e. The SMILES string of the molecule is CCNCc1ccc(NC(=O)C(C)OC)cc1. The van der Waals surface area contributed by atoms with E-state index in [2.05, 4.69) is 17.6 Å². The van der Waals surface area contributed by atoms with E-state index in [1.165, 1.54) is 12.7 Å². The Morgan fingerprint density at radius 2 is 2.00 bits per heavy atom. The summed E-state index contributed by atoms with van der Waals surface area (Å²) in [5.74, 6) is -0.132. The molecule has 0 aliphatic rings. The van der Waals surface area contributed by atoms with Crippen LogP contribution in [0.5, 0.6) is 0 Å². The normalized spacial score (nSPS) is 12.2. The van der Waals surface area contributed by atoms with Crippen molar-refractivity contribution in [1.82, 2.24) is 5.32 Å². The first-order chi connectivity index (χ1) is 8.17. The Bertz CT molecular complexity index is 349. The molecule has 94 valence electrons. The highest BCUT2D eigenvalue weighted by molar-refractivity contribution is 5.93. The number of carbonyl (C=O) groups is 1. The summed E-state index contributed by atoms with van der Waals surface area (Å²) < 4.78 is 4.94. The second-order valence-electron chi connectivity index (χ2n) is 3.84. The minimum absolute atomic E-state index is 0.132. The molecule has 1 aromatic carbocycles. The number of carbonyl (C=O) groups excluding carboxylic acids is 1. The number of ether oxygens (including phenoxy) is 1. The molecule has 4 nitrogen and oxygen atoms in total. The number of anilines is 1. The maximum atomic E-state index is 11.6. The lowest BCUT2D eigenvalue weighted by atomic mass is 10.2. The van der Waals surface area contributed by atoms with Crippen LogP contribution in [0.1, 0.15) is 19.4 Å². The van der Waals surface area contributed by atoms with Gasteiger partial charge in [0.15, 0.2) is 0 Å². The highest BCUT2D eigenvalue weighted by atomic mass is 16.5. The molecule has 1 amide bonds. The lowest BCUT2D eigenvalue weighted by molar-refractivity contribution is -0.124. The highest BCUT2D eigenvalue weighted by Gasteiger charge is 2.10. The van der Waals surface area contributed by atoms with E-state index in [0.717, 1.165) is 18.8 Å². The Labute approximate surface area is 102 Å². The summed E-state index contributed by atoms with van der Waals surface area (Å²) in [6.07, 6.45) is -0.434. The standard InChI is InChI=1S/C13H20N2O2/c1-4-14-9-11-5-7-12(8-6-11)15-13(16)10(2)17-3/h5-8,10,14H,4,9H2,1-3H3,(H,15,16). The number of rotatable bonds is 6. The van der Waals surface area contributed by atoms with E-state index in [-0.39, 0.29) is 5.91 Å². The first kappa shape index (κ1) is 13.7. The van der Waals surface area contributed by atoms with E-state index < -0.39 is 6.10 Å². The third kappa shape index (κ3) is 4.54. The van der Waals surface area contributed by atoms with Crippen molar-refractivity contribution in [3.05, 3.63) is 29.8 Å². The fourth-order valence-corrected chi connectivity index (χ4v) is 1.33. The molecule has 0 aromatic heterocycles. The van der Waals surface area contributed by atoms with Crippen molar-refractivity contribution in [2.45, 2.75) is 26.5 Å². The number of amides is 1. The summed E-state index contributed by atoms with van der Waals surface area (Å²) in [6, 6.07) is 7.78. The summed E-state index contributed by atoms with van der Waals surface area (Å²) in [4.78, 5) is 11.6. The van der Waals surface area contributed by atoms with Gasteiger partial charge >= 0.3 is 0 Å². The van der Waals surface area contributed by atoms with Crippen LogP contribution in [-0.2, 0) is 16.1 Å². The molecule has 1 aromatic rings. The van der Waals surface area contributed by atoms with Gasteiger partial charge in [0.2, 0.25) is 0 Å². The van der Waals surface area contributed by atoms with Crippen molar-refractivity contribution in [3.63, 3.8) is 0 Å². The van der Waals surface area contributed by atoms with Crippen molar-refractivity contribution in [3.8, 4) is 0 Å². The molecule has 1 atom stereocenters. The van der Waals surface area contributed by atoms with E-state index in [0.29, 0.717) is 0 Å². The molecular weight excluding hydrogens is 216 g/mol. The smallest absolute Gasteiger partial charge is 0.253 e. The molecule has 4 heteroatoms. The van der Waals surface area contributed by atoms with Crippen LogP contribution < -0.4 is 10.6 Å². The minimum atomic E-state index is -0.434. The Morgan fingerprint density at radius 3 is 2.53 bits per heavy atom. The fourth-order valence-electron chi connectivity index (χ4n) is 1.33. The van der Waals surface area contributed by atoms with Gasteiger partial charge in [0.05, 0.1) is 0 Å². The van der Waals surface area contributed by atoms with Crippen LogP contribution in [0.4, 0.5) is 5.69 Å². The van der Waals surface area contributed by atoms with Gasteiger partial charge in [-0.05, 0) is 31.2 Å². The summed E-state index contributed by atoms with van der Waals surface area (Å²) in [6.45, 7) is 5.58. The Balaban J connectivity index is 2.53. The number of hydrogen-bond donors (Lipinski definition) is 2. The fraction of sp³-hybridized carbons (Fsp3) is 0.462. The molecule has 1 rings (SSSR count). The van der Waals surface area contributed by atoms with Crippen LogP contribution in [0.2, 0.25) is 0 Å². The van der Waals surface area contributed by atoms with Crippen LogP contribution >= 0.6 is 0 Å². The summed E-state index contributed by atoms with van der Waals surface area (Å²) in [7, 11) is 1.52. The quantitative estimate of drug-likeness (QED) is 0.791. The second-order valence-corrected chi connectivity index (χ2v) is 3.84. The van der Waals surface area contributed by atoms with Crippen LogP contribution in [0.25, 0.3) is 0 Å². The molecule has 0 fully saturated rings. The van der Waals surface area contributed by atoms with Crippen molar-refractivity contribution in [1.29, 1.82) is 0 Å². The van der Waals surface area contributed by atoms with Gasteiger partial charge in [-0.2, -0.15) is 0 Å². The van der Waals surface area contributed by atoms with Gasteiger partial charge in [0.1, 0.15) is 6.10 Å². The lowest BCUT2D eigenvalue weighted by Crippen LogP contribution is -2.26. The predicted octanol–water partition coefficient (Wildman–Crippen LogP) is 1.77. The molecule has 0 bridgehead atoms. The van der Waals surface area contributed by atoms with Gasteiger partial charge < -0.3 is 15.4 Å². The molecule has 0 radical (unpaired) electrons. The predicted molar refractivity (Wildman–Crippen MR) is 68.9 cm³/mol. The first-order valence-corrected chi connectivity index (χ1v) is 5.80. The van der Waals surface area contributed by atoms with Crippen LogP contribution in [0.15, 0.2) is 24.3 Å². The van der Waals surface area contributed by atoms with Crippen molar-refractivity contribution < 1.29 is 9.53 Å². The van der Waals surface area contributed by atoms with Crippen molar-refractivity contribution in [2.75, 3.05) is 19.0 Å². The minimum Gasteiger partial charge on any atom is -0.372 e.